The molecule has 0 aliphatic heterocycles. The van der Waals surface area contributed by atoms with Crippen LogP contribution in [0.5, 0.6) is 5.75 Å². The van der Waals surface area contributed by atoms with E-state index >= 15 is 0 Å². The van der Waals surface area contributed by atoms with Crippen molar-refractivity contribution in [2.45, 2.75) is 26.4 Å². The molecule has 0 spiro atoms. The van der Waals surface area contributed by atoms with Crippen LogP contribution >= 0.6 is 0 Å². The molecule has 0 heterocycles. The summed E-state index contributed by atoms with van der Waals surface area (Å²) < 4.78 is 35.5. The molecule has 0 N–H and O–H groups in total. The molecule has 0 saturated heterocycles. The largest absolute Gasteiger partial charge is 0.490 e. The van der Waals surface area contributed by atoms with Crippen LogP contribution in [-0.4, -0.2) is 18.7 Å². The summed E-state index contributed by atoms with van der Waals surface area (Å²) in [5, 5.41) is 0. The highest BCUT2D eigenvalue weighted by Crippen LogP contribution is 2.17. The van der Waals surface area contributed by atoms with Gasteiger partial charge in [0, 0.05) is 6.07 Å². The van der Waals surface area contributed by atoms with Gasteiger partial charge in [0.05, 0.1) is 13.0 Å². The standard InChI is InChI=1S/C12H14F2O3/c1-3-16-12(15)6-8(2)17-9-4-5-10(13)11(14)7-9/h4-5,7-8H,3,6H2,1-2H3. The van der Waals surface area contributed by atoms with E-state index in [-0.39, 0.29) is 18.1 Å². The zero-order valence-corrected chi connectivity index (χ0v) is 9.70. The SMILES string of the molecule is CCOC(=O)CC(C)Oc1ccc(F)c(F)c1. The van der Waals surface area contributed by atoms with Gasteiger partial charge >= 0.3 is 5.97 Å². The Kier molecular flexibility index (Phi) is 4.87. The second kappa shape index (κ2) is 6.18. The Labute approximate surface area is 98.3 Å². The first-order valence-electron chi connectivity index (χ1n) is 5.30. The molecule has 1 atom stereocenters. The maximum atomic E-state index is 12.9. The van der Waals surface area contributed by atoms with Gasteiger partial charge in [-0.25, -0.2) is 8.78 Å². The maximum absolute atomic E-state index is 12.9. The Balaban J connectivity index is 2.53. The van der Waals surface area contributed by atoms with E-state index < -0.39 is 17.7 Å². The predicted octanol–water partition coefficient (Wildman–Crippen LogP) is 2.69. The van der Waals surface area contributed by atoms with E-state index in [9.17, 15) is 13.6 Å². The molecular formula is C12H14F2O3. The molecule has 1 unspecified atom stereocenters. The number of esters is 1. The molecule has 0 radical (unpaired) electrons. The monoisotopic (exact) mass is 244 g/mol. The van der Waals surface area contributed by atoms with Crippen molar-refractivity contribution in [2.24, 2.45) is 0 Å². The van der Waals surface area contributed by atoms with Crippen molar-refractivity contribution < 1.29 is 23.0 Å². The number of rotatable bonds is 5. The van der Waals surface area contributed by atoms with Gasteiger partial charge in [-0.1, -0.05) is 0 Å². The molecule has 0 fully saturated rings. The zero-order chi connectivity index (χ0) is 12.8. The molecule has 94 valence electrons. The summed E-state index contributed by atoms with van der Waals surface area (Å²) in [7, 11) is 0. The van der Waals surface area contributed by atoms with Crippen LogP contribution in [0.3, 0.4) is 0 Å². The number of hydrogen-bond donors (Lipinski definition) is 0. The molecule has 1 rings (SSSR count). The van der Waals surface area contributed by atoms with Crippen molar-refractivity contribution in [3.8, 4) is 5.75 Å². The van der Waals surface area contributed by atoms with Crippen molar-refractivity contribution in [3.63, 3.8) is 0 Å². The minimum Gasteiger partial charge on any atom is -0.490 e. The van der Waals surface area contributed by atoms with E-state index in [0.717, 1.165) is 12.1 Å². The van der Waals surface area contributed by atoms with Crippen LogP contribution in [0, 0.1) is 11.6 Å². The second-order valence-corrected chi connectivity index (χ2v) is 3.51. The fourth-order valence-electron chi connectivity index (χ4n) is 1.28. The molecule has 0 bridgehead atoms. The van der Waals surface area contributed by atoms with Gasteiger partial charge in [0.2, 0.25) is 0 Å². The molecular weight excluding hydrogens is 230 g/mol. The molecule has 0 aromatic heterocycles. The number of halogens is 2. The number of hydrogen-bond acceptors (Lipinski definition) is 3. The highest BCUT2D eigenvalue weighted by molar-refractivity contribution is 5.69. The molecule has 17 heavy (non-hydrogen) atoms. The first kappa shape index (κ1) is 13.4. The van der Waals surface area contributed by atoms with Gasteiger partial charge in [0.15, 0.2) is 11.6 Å². The molecule has 5 heteroatoms. The van der Waals surface area contributed by atoms with E-state index in [1.165, 1.54) is 6.07 Å². The van der Waals surface area contributed by atoms with Crippen LogP contribution in [0.1, 0.15) is 20.3 Å². The summed E-state index contributed by atoms with van der Waals surface area (Å²) in [6.45, 7) is 3.66. The van der Waals surface area contributed by atoms with Gasteiger partial charge in [-0.15, -0.1) is 0 Å². The summed E-state index contributed by atoms with van der Waals surface area (Å²) in [6.07, 6.45) is -0.397. The van der Waals surface area contributed by atoms with Gasteiger partial charge in [-0.2, -0.15) is 0 Å². The number of carbonyl (C=O) groups is 1. The summed E-state index contributed by atoms with van der Waals surface area (Å²) in [6, 6.07) is 3.22. The van der Waals surface area contributed by atoms with Gasteiger partial charge in [0.25, 0.3) is 0 Å². The van der Waals surface area contributed by atoms with Gasteiger partial charge in [0.1, 0.15) is 11.9 Å². The lowest BCUT2D eigenvalue weighted by Crippen LogP contribution is -2.18. The smallest absolute Gasteiger partial charge is 0.309 e. The molecule has 1 aromatic rings. The minimum absolute atomic E-state index is 0.0623. The Morgan fingerprint density at radius 3 is 2.65 bits per heavy atom. The Morgan fingerprint density at radius 2 is 2.06 bits per heavy atom. The van der Waals surface area contributed by atoms with E-state index in [0.29, 0.717) is 6.61 Å². The number of benzene rings is 1. The first-order chi connectivity index (χ1) is 8.02. The van der Waals surface area contributed by atoms with Crippen molar-refractivity contribution in [2.75, 3.05) is 6.61 Å². The van der Waals surface area contributed by atoms with Crippen LogP contribution in [0.2, 0.25) is 0 Å². The third-order valence-electron chi connectivity index (χ3n) is 1.99. The summed E-state index contributed by atoms with van der Waals surface area (Å²) in [5.74, 6) is -2.12. The first-order valence-corrected chi connectivity index (χ1v) is 5.30. The van der Waals surface area contributed by atoms with E-state index in [4.69, 9.17) is 9.47 Å². The van der Waals surface area contributed by atoms with Crippen LogP contribution in [0.15, 0.2) is 18.2 Å². The second-order valence-electron chi connectivity index (χ2n) is 3.51. The Bertz CT molecular complexity index is 393. The highest BCUT2D eigenvalue weighted by Gasteiger charge is 2.12. The third kappa shape index (κ3) is 4.38. The van der Waals surface area contributed by atoms with Crippen LogP contribution in [0.25, 0.3) is 0 Å². The van der Waals surface area contributed by atoms with Crippen molar-refractivity contribution in [1.82, 2.24) is 0 Å². The van der Waals surface area contributed by atoms with Gasteiger partial charge < -0.3 is 9.47 Å². The fraction of sp³-hybridized carbons (Fsp3) is 0.417. The lowest BCUT2D eigenvalue weighted by atomic mass is 10.2. The molecule has 0 aliphatic rings. The van der Waals surface area contributed by atoms with Crippen molar-refractivity contribution in [1.29, 1.82) is 0 Å². The normalized spacial score (nSPS) is 12.0. The van der Waals surface area contributed by atoms with Crippen molar-refractivity contribution >= 4 is 5.97 Å². The van der Waals surface area contributed by atoms with Crippen LogP contribution in [0.4, 0.5) is 8.78 Å². The number of ether oxygens (including phenoxy) is 2. The number of carbonyl (C=O) groups excluding carboxylic acids is 1. The Morgan fingerprint density at radius 1 is 1.35 bits per heavy atom. The zero-order valence-electron chi connectivity index (χ0n) is 9.70. The van der Waals surface area contributed by atoms with Crippen LogP contribution < -0.4 is 4.74 Å². The van der Waals surface area contributed by atoms with Crippen LogP contribution in [-0.2, 0) is 9.53 Å². The topological polar surface area (TPSA) is 35.5 Å². The molecule has 0 amide bonds. The third-order valence-corrected chi connectivity index (χ3v) is 1.99. The quantitative estimate of drug-likeness (QED) is 0.747. The maximum Gasteiger partial charge on any atom is 0.309 e. The van der Waals surface area contributed by atoms with E-state index in [1.54, 1.807) is 13.8 Å². The minimum atomic E-state index is -0.981. The highest BCUT2D eigenvalue weighted by atomic mass is 19.2. The molecule has 0 saturated carbocycles. The Hall–Kier alpha value is -1.65. The molecule has 1 aromatic carbocycles. The van der Waals surface area contributed by atoms with Gasteiger partial charge in [-0.05, 0) is 26.0 Å². The lowest BCUT2D eigenvalue weighted by molar-refractivity contribution is -0.144. The molecule has 0 aliphatic carbocycles. The molecule has 3 nitrogen and oxygen atoms in total. The van der Waals surface area contributed by atoms with Gasteiger partial charge in [-0.3, -0.25) is 4.79 Å². The summed E-state index contributed by atoms with van der Waals surface area (Å²) in [4.78, 5) is 11.1. The average molecular weight is 244 g/mol. The van der Waals surface area contributed by atoms with Crippen molar-refractivity contribution in [3.05, 3.63) is 29.8 Å². The lowest BCUT2D eigenvalue weighted by Gasteiger charge is -2.13. The summed E-state index contributed by atoms with van der Waals surface area (Å²) >= 11 is 0. The van der Waals surface area contributed by atoms with E-state index in [2.05, 4.69) is 0 Å². The van der Waals surface area contributed by atoms with E-state index in [1.807, 2.05) is 0 Å². The average Bonchev–Trinajstić information content (AvgIpc) is 2.23. The fourth-order valence-corrected chi connectivity index (χ4v) is 1.28. The predicted molar refractivity (Wildman–Crippen MR) is 57.7 cm³/mol. The summed E-state index contributed by atoms with van der Waals surface area (Å²) in [5.41, 5.74) is 0.